The minimum Gasteiger partial charge on any atom is -0.457 e. The van der Waals surface area contributed by atoms with E-state index in [1.807, 2.05) is 0 Å². The first-order valence-electron chi connectivity index (χ1n) is 26.3. The lowest BCUT2D eigenvalue weighted by Crippen LogP contribution is -2.28. The summed E-state index contributed by atoms with van der Waals surface area (Å²) in [4.78, 5) is 22.6. The Hall–Kier alpha value is -1.02. The molecule has 2 unspecified atom stereocenters. The smallest absolute Gasteiger partial charge is 0.457 e. The Bertz CT molecular complexity index is 993. The van der Waals surface area contributed by atoms with Crippen molar-refractivity contribution in [1.82, 2.24) is 0 Å². The maximum atomic E-state index is 12.6. The number of nitrogens with two attached hydrogens (primary N) is 1. The summed E-state index contributed by atoms with van der Waals surface area (Å²) in [5, 5.41) is 0. The van der Waals surface area contributed by atoms with Gasteiger partial charge in [0.05, 0.1) is 19.8 Å². The van der Waals surface area contributed by atoms with Gasteiger partial charge >= 0.3 is 13.8 Å². The number of phosphoric acid groups is 1. The molecule has 0 heterocycles. The fourth-order valence-corrected chi connectivity index (χ4v) is 8.50. The van der Waals surface area contributed by atoms with E-state index in [2.05, 4.69) is 38.2 Å². The molecule has 0 aromatic heterocycles. The van der Waals surface area contributed by atoms with Gasteiger partial charge in [0.1, 0.15) is 6.10 Å². The van der Waals surface area contributed by atoms with E-state index >= 15 is 0 Å². The Morgan fingerprint density at radius 1 is 0.492 bits per heavy atom. The predicted octanol–water partition coefficient (Wildman–Crippen LogP) is 16.4. The Morgan fingerprint density at radius 2 is 0.869 bits per heavy atom. The van der Waals surface area contributed by atoms with Crippen LogP contribution in [0.2, 0.25) is 0 Å². The molecule has 8 nitrogen and oxygen atoms in total. The van der Waals surface area contributed by atoms with Crippen molar-refractivity contribution in [1.29, 1.82) is 0 Å². The van der Waals surface area contributed by atoms with Crippen LogP contribution in [0.3, 0.4) is 0 Å². The highest BCUT2D eigenvalue weighted by Gasteiger charge is 2.25. The molecule has 0 saturated heterocycles. The van der Waals surface area contributed by atoms with Crippen LogP contribution < -0.4 is 5.73 Å². The van der Waals surface area contributed by atoms with Crippen LogP contribution in [0.25, 0.3) is 0 Å². The van der Waals surface area contributed by atoms with Gasteiger partial charge in [-0.2, -0.15) is 0 Å². The van der Waals surface area contributed by atoms with Crippen LogP contribution in [0.4, 0.5) is 0 Å². The minimum atomic E-state index is -4.28. The lowest BCUT2D eigenvalue weighted by molar-refractivity contribution is -0.154. The normalized spacial score (nSPS) is 13.4. The zero-order valence-electron chi connectivity index (χ0n) is 40.4. The molecule has 0 aromatic carbocycles. The third kappa shape index (κ3) is 49.8. The highest BCUT2D eigenvalue weighted by molar-refractivity contribution is 7.47. The van der Waals surface area contributed by atoms with Crippen molar-refractivity contribution in [3.05, 3.63) is 24.3 Å². The van der Waals surface area contributed by atoms with Gasteiger partial charge in [-0.1, -0.05) is 237 Å². The number of phosphoric ester groups is 1. The second-order valence-corrected chi connectivity index (χ2v) is 19.2. The standard InChI is InChI=1S/C52H102NO7P/c1-3-5-7-9-11-13-15-17-19-21-22-23-24-25-26-27-28-30-32-34-36-38-40-42-44-47-57-49-51(50-59-61(55,56)58-48-46-53)60-52(54)45-43-41-39-37-35-33-31-29-20-18-16-14-12-10-8-6-4-2/h12,14,18,20,51H,3-11,13,15-17,19,21-50,53H2,1-2H3,(H,55,56)/b14-12-,20-18-. The molecule has 0 bridgehead atoms. The fourth-order valence-electron chi connectivity index (χ4n) is 7.74. The van der Waals surface area contributed by atoms with Gasteiger partial charge in [0, 0.05) is 19.6 Å². The summed E-state index contributed by atoms with van der Waals surface area (Å²) in [6.07, 6.45) is 57.9. The largest absolute Gasteiger partial charge is 0.472 e. The molecule has 0 saturated carbocycles. The van der Waals surface area contributed by atoms with Gasteiger partial charge in [-0.25, -0.2) is 4.57 Å². The predicted molar refractivity (Wildman–Crippen MR) is 261 cm³/mol. The number of ether oxygens (including phenoxy) is 2. The van der Waals surface area contributed by atoms with Crippen molar-refractivity contribution in [2.45, 2.75) is 270 Å². The van der Waals surface area contributed by atoms with Crippen molar-refractivity contribution in [3.63, 3.8) is 0 Å². The monoisotopic (exact) mass is 884 g/mol. The molecule has 61 heavy (non-hydrogen) atoms. The molecular formula is C52H102NO7P. The van der Waals surface area contributed by atoms with Crippen molar-refractivity contribution >= 4 is 13.8 Å². The first-order valence-corrected chi connectivity index (χ1v) is 27.8. The van der Waals surface area contributed by atoms with E-state index in [1.54, 1.807) is 0 Å². The molecule has 0 radical (unpaired) electrons. The number of carbonyl (C=O) groups excluding carboxylic acids is 1. The van der Waals surface area contributed by atoms with E-state index in [0.29, 0.717) is 13.0 Å². The summed E-state index contributed by atoms with van der Waals surface area (Å²) in [7, 11) is -4.28. The van der Waals surface area contributed by atoms with Crippen molar-refractivity contribution < 1.29 is 32.8 Å². The second kappa shape index (κ2) is 50.0. The molecule has 9 heteroatoms. The van der Waals surface area contributed by atoms with Crippen LogP contribution in [0.15, 0.2) is 24.3 Å². The number of esters is 1. The molecule has 2 atom stereocenters. The molecule has 0 aliphatic heterocycles. The van der Waals surface area contributed by atoms with Gasteiger partial charge in [-0.15, -0.1) is 0 Å². The molecule has 0 aliphatic carbocycles. The SMILES string of the molecule is CCCCC/C=C\C/C=C\CCCCCCCCCC(=O)OC(COCCCCCCCCCCCCCCCCCCCCCCCCCCC)COP(=O)(O)OCCN. The fraction of sp³-hybridized carbons (Fsp3) is 0.904. The van der Waals surface area contributed by atoms with Crippen LogP contribution in [0, 0.1) is 0 Å². The zero-order chi connectivity index (χ0) is 44.4. The zero-order valence-corrected chi connectivity index (χ0v) is 41.3. The van der Waals surface area contributed by atoms with E-state index in [0.717, 1.165) is 44.9 Å². The first kappa shape index (κ1) is 60.0. The van der Waals surface area contributed by atoms with Crippen LogP contribution in [-0.2, 0) is 27.9 Å². The minimum absolute atomic E-state index is 0.0947. The maximum absolute atomic E-state index is 12.6. The topological polar surface area (TPSA) is 117 Å². The Morgan fingerprint density at radius 3 is 1.31 bits per heavy atom. The summed E-state index contributed by atoms with van der Waals surface area (Å²) in [6, 6.07) is 0. The highest BCUT2D eigenvalue weighted by atomic mass is 31.2. The van der Waals surface area contributed by atoms with Gasteiger partial charge < -0.3 is 20.1 Å². The number of carbonyl (C=O) groups is 1. The van der Waals surface area contributed by atoms with Crippen LogP contribution in [-0.4, -0.2) is 49.9 Å². The first-order chi connectivity index (χ1) is 29.9. The quantitative estimate of drug-likeness (QED) is 0.0268. The van der Waals surface area contributed by atoms with E-state index in [4.69, 9.17) is 24.3 Å². The maximum Gasteiger partial charge on any atom is 0.472 e. The molecule has 0 rings (SSSR count). The average molecular weight is 884 g/mol. The Balaban J connectivity index is 3.86. The molecule has 3 N–H and O–H groups in total. The molecule has 0 fully saturated rings. The third-order valence-electron chi connectivity index (χ3n) is 11.6. The Labute approximate surface area is 378 Å². The number of hydrogen-bond acceptors (Lipinski definition) is 7. The molecule has 0 spiro atoms. The van der Waals surface area contributed by atoms with E-state index in [9.17, 15) is 14.3 Å². The summed E-state index contributed by atoms with van der Waals surface area (Å²) in [5.41, 5.74) is 5.39. The molecular weight excluding hydrogens is 782 g/mol. The summed E-state index contributed by atoms with van der Waals surface area (Å²) in [5.74, 6) is -0.333. The van der Waals surface area contributed by atoms with Crippen LogP contribution >= 0.6 is 7.82 Å². The summed E-state index contributed by atoms with van der Waals surface area (Å²) >= 11 is 0. The van der Waals surface area contributed by atoms with Crippen molar-refractivity contribution in [2.75, 3.05) is 33.0 Å². The molecule has 0 aliphatic rings. The second-order valence-electron chi connectivity index (χ2n) is 17.7. The third-order valence-corrected chi connectivity index (χ3v) is 12.6. The van der Waals surface area contributed by atoms with E-state index in [1.165, 1.54) is 199 Å². The van der Waals surface area contributed by atoms with E-state index < -0.39 is 13.9 Å². The van der Waals surface area contributed by atoms with Crippen molar-refractivity contribution in [2.24, 2.45) is 5.73 Å². The molecule has 0 amide bonds. The molecule has 0 aromatic rings. The summed E-state index contributed by atoms with van der Waals surface area (Å²) < 4.78 is 33.6. The number of hydrogen-bond donors (Lipinski definition) is 2. The average Bonchev–Trinajstić information content (AvgIpc) is 3.25. The van der Waals surface area contributed by atoms with Gasteiger partial charge in [0.2, 0.25) is 0 Å². The van der Waals surface area contributed by atoms with E-state index in [-0.39, 0.29) is 32.3 Å². The van der Waals surface area contributed by atoms with Crippen LogP contribution in [0.5, 0.6) is 0 Å². The Kier molecular flexibility index (Phi) is 49.2. The molecule has 362 valence electrons. The number of allylic oxidation sites excluding steroid dienone is 4. The van der Waals surface area contributed by atoms with Gasteiger partial charge in [-0.3, -0.25) is 13.8 Å². The van der Waals surface area contributed by atoms with Gasteiger partial charge in [0.15, 0.2) is 0 Å². The lowest BCUT2D eigenvalue weighted by Gasteiger charge is -2.20. The van der Waals surface area contributed by atoms with Crippen molar-refractivity contribution in [3.8, 4) is 0 Å². The lowest BCUT2D eigenvalue weighted by atomic mass is 10.0. The van der Waals surface area contributed by atoms with Gasteiger partial charge in [0.25, 0.3) is 0 Å². The number of rotatable bonds is 51. The highest BCUT2D eigenvalue weighted by Crippen LogP contribution is 2.43. The van der Waals surface area contributed by atoms with Gasteiger partial charge in [-0.05, 0) is 44.9 Å². The van der Waals surface area contributed by atoms with Crippen LogP contribution in [0.1, 0.15) is 264 Å². The number of unbranched alkanes of at least 4 members (excludes halogenated alkanes) is 34. The summed E-state index contributed by atoms with van der Waals surface area (Å²) in [6.45, 7) is 4.95.